The van der Waals surface area contributed by atoms with Crippen molar-refractivity contribution in [2.45, 2.75) is 25.6 Å². The summed E-state index contributed by atoms with van der Waals surface area (Å²) < 4.78 is 0. The van der Waals surface area contributed by atoms with Crippen molar-refractivity contribution in [3.63, 3.8) is 0 Å². The Kier molecular flexibility index (Phi) is 3.47. The number of hydrogen-bond donors (Lipinski definition) is 3. The zero-order valence-electron chi connectivity index (χ0n) is 12.2. The van der Waals surface area contributed by atoms with E-state index in [0.29, 0.717) is 19.5 Å². The molecule has 0 radical (unpaired) electrons. The summed E-state index contributed by atoms with van der Waals surface area (Å²) in [5, 5.41) is 16.4. The molecule has 0 aliphatic carbocycles. The largest absolute Gasteiger partial charge is 0.480 e. The van der Waals surface area contributed by atoms with Crippen LogP contribution in [0.15, 0.2) is 30.7 Å². The molecule has 1 unspecified atom stereocenters. The summed E-state index contributed by atoms with van der Waals surface area (Å²) >= 11 is 1.65. The van der Waals surface area contributed by atoms with Crippen molar-refractivity contribution in [1.29, 1.82) is 0 Å². The van der Waals surface area contributed by atoms with Gasteiger partial charge in [0.05, 0.1) is 28.3 Å². The molecule has 118 valence electrons. The molecule has 0 bridgehead atoms. The van der Waals surface area contributed by atoms with Crippen molar-refractivity contribution < 1.29 is 9.90 Å². The average molecular weight is 329 g/mol. The van der Waals surface area contributed by atoms with E-state index in [2.05, 4.69) is 20.2 Å². The first-order chi connectivity index (χ1) is 11.2. The van der Waals surface area contributed by atoms with E-state index < -0.39 is 12.0 Å². The third-order valence-corrected chi connectivity index (χ3v) is 5.17. The van der Waals surface area contributed by atoms with Crippen LogP contribution in [0.2, 0.25) is 0 Å². The Morgan fingerprint density at radius 3 is 3.13 bits per heavy atom. The number of imidazole rings is 1. The van der Waals surface area contributed by atoms with Gasteiger partial charge in [0.25, 0.3) is 0 Å². The maximum Gasteiger partial charge on any atom is 0.321 e. The zero-order chi connectivity index (χ0) is 15.8. The molecular weight excluding hydrogens is 314 g/mol. The Labute approximate surface area is 136 Å². The second kappa shape index (κ2) is 5.64. The summed E-state index contributed by atoms with van der Waals surface area (Å²) in [5.41, 5.74) is 2.84. The van der Waals surface area contributed by atoms with Crippen LogP contribution in [0.25, 0.3) is 10.6 Å². The number of carboxylic acids is 1. The lowest BCUT2D eigenvalue weighted by Gasteiger charge is -2.31. The Bertz CT molecular complexity index is 823. The minimum atomic E-state index is -0.802. The Balaban J connectivity index is 1.56. The van der Waals surface area contributed by atoms with Crippen molar-refractivity contribution in [3.05, 3.63) is 47.0 Å². The van der Waals surface area contributed by atoms with E-state index >= 15 is 0 Å². The quantitative estimate of drug-likeness (QED) is 0.679. The van der Waals surface area contributed by atoms with Crippen LogP contribution < -0.4 is 0 Å². The number of aromatic nitrogens is 4. The van der Waals surface area contributed by atoms with Gasteiger partial charge in [0.1, 0.15) is 6.04 Å². The first-order valence-electron chi connectivity index (χ1n) is 7.27. The second-order valence-corrected chi connectivity index (χ2v) is 6.70. The fourth-order valence-electron chi connectivity index (χ4n) is 2.90. The number of hydrogen-bond acceptors (Lipinski definition) is 5. The fourth-order valence-corrected chi connectivity index (χ4v) is 3.91. The zero-order valence-corrected chi connectivity index (χ0v) is 13.0. The van der Waals surface area contributed by atoms with Gasteiger partial charge in [-0.15, -0.1) is 11.3 Å². The molecule has 7 nitrogen and oxygen atoms in total. The molecule has 0 saturated heterocycles. The van der Waals surface area contributed by atoms with Crippen molar-refractivity contribution in [1.82, 2.24) is 25.1 Å². The molecule has 1 aliphatic heterocycles. The third-order valence-electron chi connectivity index (χ3n) is 4.07. The molecule has 1 aliphatic rings. The molecule has 0 spiro atoms. The van der Waals surface area contributed by atoms with Gasteiger partial charge < -0.3 is 10.1 Å². The van der Waals surface area contributed by atoms with Crippen LogP contribution >= 0.6 is 11.3 Å². The van der Waals surface area contributed by atoms with Gasteiger partial charge in [-0.05, 0) is 18.2 Å². The fraction of sp³-hybridized carbons (Fsp3) is 0.267. The molecule has 3 aromatic heterocycles. The van der Waals surface area contributed by atoms with E-state index in [1.165, 1.54) is 0 Å². The van der Waals surface area contributed by atoms with Crippen LogP contribution in [-0.2, 0) is 24.3 Å². The maximum atomic E-state index is 11.6. The predicted octanol–water partition coefficient (Wildman–Crippen LogP) is 1.87. The van der Waals surface area contributed by atoms with Gasteiger partial charge in [0.2, 0.25) is 0 Å². The molecule has 0 saturated carbocycles. The van der Waals surface area contributed by atoms with Gasteiger partial charge in [0.15, 0.2) is 0 Å². The van der Waals surface area contributed by atoms with Gasteiger partial charge in [-0.2, -0.15) is 5.10 Å². The van der Waals surface area contributed by atoms with E-state index in [1.807, 2.05) is 23.1 Å². The van der Waals surface area contributed by atoms with Crippen LogP contribution in [0, 0.1) is 0 Å². The van der Waals surface area contributed by atoms with E-state index in [9.17, 15) is 9.90 Å². The predicted molar refractivity (Wildman–Crippen MR) is 84.9 cm³/mol. The maximum absolute atomic E-state index is 11.6. The minimum Gasteiger partial charge on any atom is -0.480 e. The van der Waals surface area contributed by atoms with E-state index in [1.54, 1.807) is 23.9 Å². The first kappa shape index (κ1) is 14.2. The highest BCUT2D eigenvalue weighted by molar-refractivity contribution is 7.15. The van der Waals surface area contributed by atoms with Crippen molar-refractivity contribution in [3.8, 4) is 10.6 Å². The number of H-pyrrole nitrogens is 2. The summed E-state index contributed by atoms with van der Waals surface area (Å²) in [4.78, 5) is 23.1. The second-order valence-electron chi connectivity index (χ2n) is 5.53. The highest BCUT2D eigenvalue weighted by Crippen LogP contribution is 2.29. The molecule has 4 rings (SSSR count). The molecule has 1 atom stereocenters. The summed E-state index contributed by atoms with van der Waals surface area (Å²) in [6.45, 7) is 1.18. The molecule has 3 aromatic rings. The summed E-state index contributed by atoms with van der Waals surface area (Å²) in [7, 11) is 0. The molecule has 0 fully saturated rings. The standard InChI is InChI=1S/C15H15N5O2S/c21-15(22)13-5-11-12(17-8-16-11)7-20(13)6-9-1-2-14(23-9)10-3-4-18-19-10/h1-4,8,13H,5-7H2,(H,16,17)(H,18,19)(H,21,22). The van der Waals surface area contributed by atoms with Crippen LogP contribution in [0.5, 0.6) is 0 Å². The molecule has 3 N–H and O–H groups in total. The van der Waals surface area contributed by atoms with Crippen LogP contribution in [0.3, 0.4) is 0 Å². The molecule has 8 heteroatoms. The average Bonchev–Trinajstić information content (AvgIpc) is 3.27. The van der Waals surface area contributed by atoms with Crippen molar-refractivity contribution in [2.75, 3.05) is 0 Å². The third kappa shape index (κ3) is 2.66. The molecule has 23 heavy (non-hydrogen) atoms. The number of aromatic amines is 2. The number of thiophene rings is 1. The summed E-state index contributed by atoms with van der Waals surface area (Å²) in [5.74, 6) is -0.802. The van der Waals surface area contributed by atoms with Crippen LogP contribution in [0.4, 0.5) is 0 Å². The van der Waals surface area contributed by atoms with Crippen LogP contribution in [-0.4, -0.2) is 42.2 Å². The number of nitrogens with zero attached hydrogens (tertiary/aromatic N) is 3. The monoisotopic (exact) mass is 329 g/mol. The molecule has 4 heterocycles. The number of rotatable bonds is 4. The van der Waals surface area contributed by atoms with E-state index in [0.717, 1.165) is 26.8 Å². The molecule has 0 aromatic carbocycles. The molecular formula is C15H15N5O2S. The minimum absolute atomic E-state index is 0.437. The van der Waals surface area contributed by atoms with E-state index in [4.69, 9.17) is 0 Å². The number of aliphatic carboxylic acids is 1. The van der Waals surface area contributed by atoms with Gasteiger partial charge >= 0.3 is 5.97 Å². The lowest BCUT2D eigenvalue weighted by Crippen LogP contribution is -2.44. The SMILES string of the molecule is O=C(O)C1Cc2nc[nH]c2CN1Cc1ccc(-c2ccn[nH]2)s1. The Morgan fingerprint density at radius 1 is 1.43 bits per heavy atom. The highest BCUT2D eigenvalue weighted by atomic mass is 32.1. The van der Waals surface area contributed by atoms with Gasteiger partial charge in [0, 0.05) is 30.6 Å². The number of carbonyl (C=O) groups is 1. The summed E-state index contributed by atoms with van der Waals surface area (Å²) in [6, 6.07) is 5.47. The molecule has 0 amide bonds. The highest BCUT2D eigenvalue weighted by Gasteiger charge is 2.33. The van der Waals surface area contributed by atoms with Crippen molar-refractivity contribution in [2.24, 2.45) is 0 Å². The van der Waals surface area contributed by atoms with Gasteiger partial charge in [-0.1, -0.05) is 0 Å². The topological polar surface area (TPSA) is 97.9 Å². The first-order valence-corrected chi connectivity index (χ1v) is 8.09. The summed E-state index contributed by atoms with van der Waals surface area (Å²) in [6.07, 6.45) is 3.79. The van der Waals surface area contributed by atoms with Crippen molar-refractivity contribution >= 4 is 17.3 Å². The number of nitrogens with one attached hydrogen (secondary N) is 2. The lowest BCUT2D eigenvalue weighted by atomic mass is 10.0. The normalized spacial score (nSPS) is 18.0. The van der Waals surface area contributed by atoms with Crippen LogP contribution in [0.1, 0.15) is 16.3 Å². The lowest BCUT2D eigenvalue weighted by molar-refractivity contribution is -0.144. The Morgan fingerprint density at radius 2 is 2.35 bits per heavy atom. The number of carboxylic acid groups (broad SMARTS) is 1. The Hall–Kier alpha value is -2.45. The van der Waals surface area contributed by atoms with E-state index in [-0.39, 0.29) is 0 Å². The van der Waals surface area contributed by atoms with Gasteiger partial charge in [-0.25, -0.2) is 4.98 Å². The number of fused-ring (bicyclic) bond motifs is 1. The van der Waals surface area contributed by atoms with Gasteiger partial charge in [-0.3, -0.25) is 14.8 Å². The smallest absolute Gasteiger partial charge is 0.321 e.